The molecule has 0 atom stereocenters. The second-order valence-corrected chi connectivity index (χ2v) is 7.56. The van der Waals surface area contributed by atoms with E-state index in [0.717, 1.165) is 29.5 Å². The number of aryl methyl sites for hydroxylation is 1. The van der Waals surface area contributed by atoms with Gasteiger partial charge in [-0.2, -0.15) is 0 Å². The number of hydrogen-bond donors (Lipinski definition) is 1. The Bertz CT molecular complexity index is 900. The second-order valence-electron chi connectivity index (χ2n) is 6.61. The Morgan fingerprint density at radius 3 is 3.12 bits per heavy atom. The molecule has 0 saturated heterocycles. The first-order valence-corrected chi connectivity index (χ1v) is 9.77. The van der Waals surface area contributed by atoms with E-state index in [1.165, 1.54) is 12.8 Å². The molecule has 1 amide bonds. The predicted octanol–water partition coefficient (Wildman–Crippen LogP) is 3.81. The summed E-state index contributed by atoms with van der Waals surface area (Å²) in [6.07, 6.45) is 3.38. The van der Waals surface area contributed by atoms with Crippen LogP contribution in [0.25, 0.3) is 21.7 Å². The lowest BCUT2D eigenvalue weighted by Gasteiger charge is -2.08. The largest absolute Gasteiger partial charge is 0.381 e. The first-order chi connectivity index (χ1) is 12.7. The van der Waals surface area contributed by atoms with E-state index in [1.807, 2.05) is 30.5 Å². The number of hydrogen-bond acceptors (Lipinski definition) is 6. The van der Waals surface area contributed by atoms with Crippen molar-refractivity contribution in [1.29, 1.82) is 0 Å². The average Bonchev–Trinajstić information content (AvgIpc) is 3.15. The molecule has 0 spiro atoms. The Morgan fingerprint density at radius 1 is 1.46 bits per heavy atom. The van der Waals surface area contributed by atoms with Gasteiger partial charge in [-0.3, -0.25) is 4.79 Å². The molecule has 3 aromatic heterocycles. The number of carbonyl (C=O) groups excluding carboxylic acids is 1. The van der Waals surface area contributed by atoms with Gasteiger partial charge in [-0.15, -0.1) is 11.3 Å². The van der Waals surface area contributed by atoms with Crippen LogP contribution in [-0.4, -0.2) is 35.8 Å². The van der Waals surface area contributed by atoms with Crippen LogP contribution in [-0.2, 0) is 4.74 Å². The van der Waals surface area contributed by atoms with Crippen LogP contribution in [0.3, 0.4) is 0 Å². The molecule has 0 aliphatic heterocycles. The third kappa shape index (κ3) is 3.78. The molecule has 0 radical (unpaired) electrons. The fourth-order valence-electron chi connectivity index (χ4n) is 2.83. The fraction of sp³-hybridized carbons (Fsp3) is 0.421. The summed E-state index contributed by atoms with van der Waals surface area (Å²) in [5, 5.41) is 9.60. The molecule has 4 rings (SSSR count). The topological polar surface area (TPSA) is 77.2 Å². The van der Waals surface area contributed by atoms with Gasteiger partial charge in [0.1, 0.15) is 0 Å². The minimum Gasteiger partial charge on any atom is -0.381 e. The Labute approximate surface area is 155 Å². The predicted molar refractivity (Wildman–Crippen MR) is 100 cm³/mol. The van der Waals surface area contributed by atoms with E-state index < -0.39 is 0 Å². The van der Waals surface area contributed by atoms with Crippen molar-refractivity contribution in [3.63, 3.8) is 0 Å². The summed E-state index contributed by atoms with van der Waals surface area (Å²) in [5.41, 5.74) is 2.34. The second kappa shape index (κ2) is 7.55. The van der Waals surface area contributed by atoms with Crippen LogP contribution in [0.4, 0.5) is 0 Å². The molecule has 26 heavy (non-hydrogen) atoms. The lowest BCUT2D eigenvalue weighted by atomic mass is 10.1. The molecular weight excluding hydrogens is 350 g/mol. The molecule has 1 fully saturated rings. The van der Waals surface area contributed by atoms with E-state index in [9.17, 15) is 4.79 Å². The SMILES string of the molecule is Cc1noc2nc(-c3cccs3)cc(C(=O)NCCCOCC3CC3)c12. The first-order valence-electron chi connectivity index (χ1n) is 8.89. The summed E-state index contributed by atoms with van der Waals surface area (Å²) in [6, 6.07) is 5.75. The number of fused-ring (bicyclic) bond motifs is 1. The van der Waals surface area contributed by atoms with Crippen LogP contribution in [0.15, 0.2) is 28.1 Å². The van der Waals surface area contributed by atoms with Gasteiger partial charge in [-0.05, 0) is 49.6 Å². The number of rotatable bonds is 8. The van der Waals surface area contributed by atoms with Crippen LogP contribution in [0, 0.1) is 12.8 Å². The summed E-state index contributed by atoms with van der Waals surface area (Å²) in [6.45, 7) is 3.92. The van der Waals surface area contributed by atoms with E-state index in [1.54, 1.807) is 11.3 Å². The fourth-order valence-corrected chi connectivity index (χ4v) is 3.52. The van der Waals surface area contributed by atoms with E-state index in [0.29, 0.717) is 35.5 Å². The van der Waals surface area contributed by atoms with Crippen LogP contribution >= 0.6 is 11.3 Å². The molecule has 136 valence electrons. The normalized spacial score (nSPS) is 14.0. The maximum absolute atomic E-state index is 12.7. The highest BCUT2D eigenvalue weighted by molar-refractivity contribution is 7.13. The molecule has 1 N–H and O–H groups in total. The van der Waals surface area contributed by atoms with Gasteiger partial charge >= 0.3 is 0 Å². The zero-order chi connectivity index (χ0) is 17.9. The van der Waals surface area contributed by atoms with Gasteiger partial charge < -0.3 is 14.6 Å². The summed E-state index contributed by atoms with van der Waals surface area (Å²) in [5.74, 6) is 0.630. The van der Waals surface area contributed by atoms with Gasteiger partial charge in [0.15, 0.2) is 0 Å². The number of thiophene rings is 1. The molecule has 1 aliphatic rings. The van der Waals surface area contributed by atoms with Gasteiger partial charge in [-0.1, -0.05) is 11.2 Å². The zero-order valence-electron chi connectivity index (χ0n) is 14.7. The van der Waals surface area contributed by atoms with Gasteiger partial charge in [-0.25, -0.2) is 4.98 Å². The van der Waals surface area contributed by atoms with Crippen molar-refractivity contribution >= 4 is 28.3 Å². The van der Waals surface area contributed by atoms with Crippen molar-refractivity contribution in [2.45, 2.75) is 26.2 Å². The smallest absolute Gasteiger partial charge is 0.259 e. The minimum atomic E-state index is -0.135. The Balaban J connectivity index is 1.46. The Hall–Kier alpha value is -2.25. The van der Waals surface area contributed by atoms with Crippen LogP contribution < -0.4 is 5.32 Å². The van der Waals surface area contributed by atoms with E-state index in [2.05, 4.69) is 15.5 Å². The quantitative estimate of drug-likeness (QED) is 0.609. The van der Waals surface area contributed by atoms with E-state index >= 15 is 0 Å². The zero-order valence-corrected chi connectivity index (χ0v) is 15.5. The summed E-state index contributed by atoms with van der Waals surface area (Å²) in [7, 11) is 0. The van der Waals surface area contributed by atoms with E-state index in [-0.39, 0.29) is 5.91 Å². The van der Waals surface area contributed by atoms with Gasteiger partial charge in [0.2, 0.25) is 0 Å². The number of ether oxygens (including phenoxy) is 1. The summed E-state index contributed by atoms with van der Waals surface area (Å²) < 4.78 is 10.9. The molecular formula is C19H21N3O3S. The third-order valence-corrected chi connectivity index (χ3v) is 5.33. The van der Waals surface area contributed by atoms with Crippen LogP contribution in [0.5, 0.6) is 0 Å². The molecule has 0 bridgehead atoms. The molecule has 0 unspecified atom stereocenters. The number of aromatic nitrogens is 2. The monoisotopic (exact) mass is 371 g/mol. The number of amides is 1. The van der Waals surface area contributed by atoms with Crippen molar-refractivity contribution < 1.29 is 14.1 Å². The van der Waals surface area contributed by atoms with Crippen LogP contribution in [0.2, 0.25) is 0 Å². The number of pyridine rings is 1. The van der Waals surface area contributed by atoms with Crippen molar-refractivity contribution in [2.75, 3.05) is 19.8 Å². The first kappa shape index (κ1) is 17.2. The van der Waals surface area contributed by atoms with Crippen molar-refractivity contribution in [3.05, 3.63) is 34.8 Å². The maximum atomic E-state index is 12.7. The third-order valence-electron chi connectivity index (χ3n) is 4.44. The average molecular weight is 371 g/mol. The highest BCUT2D eigenvalue weighted by Gasteiger charge is 2.21. The van der Waals surface area contributed by atoms with Crippen LogP contribution in [0.1, 0.15) is 35.3 Å². The maximum Gasteiger partial charge on any atom is 0.259 e. The van der Waals surface area contributed by atoms with Crippen molar-refractivity contribution in [1.82, 2.24) is 15.5 Å². The van der Waals surface area contributed by atoms with Crippen molar-refractivity contribution in [2.24, 2.45) is 5.92 Å². The molecule has 1 aliphatic carbocycles. The molecule has 6 nitrogen and oxygen atoms in total. The Kier molecular flexibility index (Phi) is 4.99. The van der Waals surface area contributed by atoms with Crippen molar-refractivity contribution in [3.8, 4) is 10.6 Å². The summed E-state index contributed by atoms with van der Waals surface area (Å²) >= 11 is 1.57. The lowest BCUT2D eigenvalue weighted by Crippen LogP contribution is -2.25. The summed E-state index contributed by atoms with van der Waals surface area (Å²) in [4.78, 5) is 18.2. The minimum absolute atomic E-state index is 0.135. The molecule has 3 aromatic rings. The van der Waals surface area contributed by atoms with E-state index in [4.69, 9.17) is 9.26 Å². The highest BCUT2D eigenvalue weighted by atomic mass is 32.1. The van der Waals surface area contributed by atoms with Gasteiger partial charge in [0.25, 0.3) is 11.6 Å². The van der Waals surface area contributed by atoms with Gasteiger partial charge in [0, 0.05) is 19.8 Å². The molecule has 1 saturated carbocycles. The number of nitrogens with one attached hydrogen (secondary N) is 1. The molecule has 3 heterocycles. The number of carbonyl (C=O) groups is 1. The molecule has 7 heteroatoms. The lowest BCUT2D eigenvalue weighted by molar-refractivity contribution is 0.0939. The Morgan fingerprint density at radius 2 is 2.35 bits per heavy atom. The van der Waals surface area contributed by atoms with Gasteiger partial charge in [0.05, 0.1) is 27.2 Å². The number of nitrogens with zero attached hydrogens (tertiary/aromatic N) is 2. The molecule has 0 aromatic carbocycles. The highest BCUT2D eigenvalue weighted by Crippen LogP contribution is 2.30. The standard InChI is InChI=1S/C19H21N3O3S/c1-12-17-14(18(23)20-7-3-8-24-11-13-5-6-13)10-15(16-4-2-9-26-16)21-19(17)25-22-12/h2,4,9-10,13H,3,5-8,11H2,1H3,(H,20,23).